The number of imide groups is 1. The molecule has 1 atom stereocenters. The third-order valence-corrected chi connectivity index (χ3v) is 3.94. The number of aliphatic hydroxyl groups is 1. The minimum absolute atomic E-state index is 0.186. The first-order valence-corrected chi connectivity index (χ1v) is 7.28. The largest absolute Gasteiger partial charge is 0.388 e. The summed E-state index contributed by atoms with van der Waals surface area (Å²) in [5.41, 5.74) is 1.40. The number of carbonyl (C=O) groups excluding carboxylic acids is 3. The van der Waals surface area contributed by atoms with Crippen molar-refractivity contribution in [1.82, 2.24) is 4.90 Å². The summed E-state index contributed by atoms with van der Waals surface area (Å²) in [5, 5.41) is 9.23. The van der Waals surface area contributed by atoms with Gasteiger partial charge in [-0.1, -0.05) is 42.5 Å². The molecule has 1 N–H and O–H groups in total. The molecule has 1 unspecified atom stereocenters. The van der Waals surface area contributed by atoms with Crippen LogP contribution in [-0.4, -0.2) is 40.3 Å². The maximum atomic E-state index is 12.5. The number of fused-ring (bicyclic) bond motifs is 1. The Morgan fingerprint density at radius 1 is 0.913 bits per heavy atom. The Morgan fingerprint density at radius 2 is 1.43 bits per heavy atom. The van der Waals surface area contributed by atoms with Gasteiger partial charge in [-0.2, -0.15) is 0 Å². The fraction of sp³-hybridized carbons (Fsp3) is 0.167. The Balaban J connectivity index is 1.97. The number of aliphatic hydroxyl groups excluding tert-OH is 1. The van der Waals surface area contributed by atoms with E-state index in [0.717, 1.165) is 10.5 Å². The molecule has 0 fully saturated rings. The number of ketones is 1. The highest BCUT2D eigenvalue weighted by Gasteiger charge is 2.42. The molecule has 116 valence electrons. The molecule has 2 aromatic rings. The van der Waals surface area contributed by atoms with Crippen LogP contribution in [0.25, 0.3) is 0 Å². The van der Waals surface area contributed by atoms with Crippen LogP contribution in [0.2, 0.25) is 0 Å². The smallest absolute Gasteiger partial charge is 0.262 e. The second-order valence-electron chi connectivity index (χ2n) is 5.36. The first kappa shape index (κ1) is 15.1. The minimum atomic E-state index is -1.00. The molecule has 5 nitrogen and oxygen atoms in total. The van der Waals surface area contributed by atoms with Gasteiger partial charge in [0.1, 0.15) is 12.6 Å². The lowest BCUT2D eigenvalue weighted by molar-refractivity contribution is -0.125. The van der Waals surface area contributed by atoms with Gasteiger partial charge >= 0.3 is 0 Å². The Morgan fingerprint density at radius 3 is 1.96 bits per heavy atom. The van der Waals surface area contributed by atoms with Gasteiger partial charge in [-0.3, -0.25) is 19.3 Å². The van der Waals surface area contributed by atoms with Gasteiger partial charge in [-0.15, -0.1) is 0 Å². The van der Waals surface area contributed by atoms with E-state index in [2.05, 4.69) is 0 Å². The minimum Gasteiger partial charge on any atom is -0.388 e. The SMILES string of the molecule is O=C(CO)C(Cc1ccccc1)N1C(=O)c2ccccc2C1=O. The third-order valence-electron chi connectivity index (χ3n) is 3.94. The van der Waals surface area contributed by atoms with Gasteiger partial charge in [0.15, 0.2) is 5.78 Å². The van der Waals surface area contributed by atoms with Crippen molar-refractivity contribution in [2.45, 2.75) is 12.5 Å². The van der Waals surface area contributed by atoms with E-state index in [9.17, 15) is 19.5 Å². The number of benzene rings is 2. The zero-order valence-electron chi connectivity index (χ0n) is 12.3. The van der Waals surface area contributed by atoms with Crippen LogP contribution < -0.4 is 0 Å². The molecule has 0 saturated carbocycles. The zero-order valence-corrected chi connectivity index (χ0v) is 12.3. The van der Waals surface area contributed by atoms with Gasteiger partial charge in [0.25, 0.3) is 11.8 Å². The summed E-state index contributed by atoms with van der Waals surface area (Å²) in [6.07, 6.45) is 0.186. The van der Waals surface area contributed by atoms with Gasteiger partial charge in [0.05, 0.1) is 11.1 Å². The lowest BCUT2D eigenvalue weighted by Crippen LogP contribution is -2.47. The summed E-state index contributed by atoms with van der Waals surface area (Å²) in [6, 6.07) is 14.6. The average molecular weight is 309 g/mol. The monoisotopic (exact) mass is 309 g/mol. The molecule has 0 radical (unpaired) electrons. The van der Waals surface area contributed by atoms with Gasteiger partial charge in [0.2, 0.25) is 0 Å². The van der Waals surface area contributed by atoms with Crippen molar-refractivity contribution in [1.29, 1.82) is 0 Å². The Bertz CT molecular complexity index is 735. The van der Waals surface area contributed by atoms with E-state index in [1.807, 2.05) is 30.3 Å². The van der Waals surface area contributed by atoms with Gasteiger partial charge in [-0.25, -0.2) is 0 Å². The number of amides is 2. The van der Waals surface area contributed by atoms with Crippen molar-refractivity contribution in [2.24, 2.45) is 0 Å². The number of rotatable bonds is 5. The third kappa shape index (κ3) is 2.66. The zero-order chi connectivity index (χ0) is 16.4. The van der Waals surface area contributed by atoms with Crippen LogP contribution in [0.1, 0.15) is 26.3 Å². The topological polar surface area (TPSA) is 74.7 Å². The van der Waals surface area contributed by atoms with Crippen molar-refractivity contribution < 1.29 is 19.5 Å². The van der Waals surface area contributed by atoms with E-state index in [0.29, 0.717) is 11.1 Å². The van der Waals surface area contributed by atoms with Crippen LogP contribution >= 0.6 is 0 Å². The normalized spacial score (nSPS) is 14.7. The summed E-state index contributed by atoms with van der Waals surface area (Å²) in [7, 11) is 0. The highest BCUT2D eigenvalue weighted by Crippen LogP contribution is 2.26. The van der Waals surface area contributed by atoms with Crippen molar-refractivity contribution in [2.75, 3.05) is 6.61 Å². The van der Waals surface area contributed by atoms with Crippen LogP contribution in [0.3, 0.4) is 0 Å². The van der Waals surface area contributed by atoms with Crippen LogP contribution in [0.5, 0.6) is 0 Å². The standard InChI is InChI=1S/C18H15NO4/c20-11-16(21)15(10-12-6-2-1-3-7-12)19-17(22)13-8-4-5-9-14(13)18(19)23/h1-9,15,20H,10-11H2. The summed E-state index contributed by atoms with van der Waals surface area (Å²) in [4.78, 5) is 38.2. The van der Waals surface area contributed by atoms with E-state index in [1.54, 1.807) is 24.3 Å². The van der Waals surface area contributed by atoms with Crippen LogP contribution in [0.4, 0.5) is 0 Å². The molecular weight excluding hydrogens is 294 g/mol. The van der Waals surface area contributed by atoms with Crippen molar-refractivity contribution in [3.63, 3.8) is 0 Å². The number of carbonyl (C=O) groups is 3. The molecular formula is C18H15NO4. The first-order chi connectivity index (χ1) is 11.1. The van der Waals surface area contributed by atoms with Crippen LogP contribution in [0.15, 0.2) is 54.6 Å². The molecule has 3 rings (SSSR count). The van der Waals surface area contributed by atoms with Gasteiger partial charge in [-0.05, 0) is 17.7 Å². The molecule has 2 amide bonds. The molecule has 1 heterocycles. The van der Waals surface area contributed by atoms with Crippen molar-refractivity contribution in [3.8, 4) is 0 Å². The summed E-state index contributed by atoms with van der Waals surface area (Å²) in [5.74, 6) is -1.54. The molecule has 23 heavy (non-hydrogen) atoms. The summed E-state index contributed by atoms with van der Waals surface area (Å²) in [6.45, 7) is -0.717. The van der Waals surface area contributed by atoms with Gasteiger partial charge < -0.3 is 5.11 Å². The predicted molar refractivity (Wildman–Crippen MR) is 83.0 cm³/mol. The van der Waals surface area contributed by atoms with E-state index in [-0.39, 0.29) is 6.42 Å². The van der Waals surface area contributed by atoms with Crippen molar-refractivity contribution in [3.05, 3.63) is 71.3 Å². The molecule has 0 aromatic heterocycles. The number of hydrogen-bond donors (Lipinski definition) is 1. The summed E-state index contributed by atoms with van der Waals surface area (Å²) < 4.78 is 0. The lowest BCUT2D eigenvalue weighted by Gasteiger charge is -2.24. The fourth-order valence-corrected chi connectivity index (χ4v) is 2.78. The Hall–Kier alpha value is -2.79. The van der Waals surface area contributed by atoms with E-state index in [1.165, 1.54) is 0 Å². The van der Waals surface area contributed by atoms with Crippen LogP contribution in [-0.2, 0) is 11.2 Å². The molecule has 0 aliphatic carbocycles. The number of hydrogen-bond acceptors (Lipinski definition) is 4. The quantitative estimate of drug-likeness (QED) is 0.848. The average Bonchev–Trinajstić information content (AvgIpc) is 2.85. The lowest BCUT2D eigenvalue weighted by atomic mass is 10.0. The maximum absolute atomic E-state index is 12.5. The molecule has 5 heteroatoms. The highest BCUT2D eigenvalue weighted by atomic mass is 16.3. The van der Waals surface area contributed by atoms with Crippen LogP contribution in [0, 0.1) is 0 Å². The second-order valence-corrected chi connectivity index (χ2v) is 5.36. The molecule has 1 aliphatic heterocycles. The van der Waals surface area contributed by atoms with E-state index >= 15 is 0 Å². The Kier molecular flexibility index (Phi) is 4.04. The maximum Gasteiger partial charge on any atom is 0.262 e. The first-order valence-electron chi connectivity index (χ1n) is 7.28. The molecule has 2 aromatic carbocycles. The predicted octanol–water partition coefficient (Wildman–Crippen LogP) is 1.46. The van der Waals surface area contributed by atoms with E-state index < -0.39 is 30.2 Å². The fourth-order valence-electron chi connectivity index (χ4n) is 2.78. The number of nitrogens with zero attached hydrogens (tertiary/aromatic N) is 1. The summed E-state index contributed by atoms with van der Waals surface area (Å²) >= 11 is 0. The molecule has 1 aliphatic rings. The second kappa shape index (κ2) is 6.14. The Labute approximate surface area is 133 Å². The van der Waals surface area contributed by atoms with E-state index in [4.69, 9.17) is 0 Å². The highest BCUT2D eigenvalue weighted by molar-refractivity contribution is 6.23. The van der Waals surface area contributed by atoms with Crippen molar-refractivity contribution >= 4 is 17.6 Å². The van der Waals surface area contributed by atoms with Gasteiger partial charge in [0, 0.05) is 6.42 Å². The molecule has 0 bridgehead atoms. The molecule has 0 spiro atoms. The number of Topliss-reactive ketones (excluding diaryl/α,β-unsaturated/α-hetero) is 1. The molecule has 0 saturated heterocycles.